The minimum Gasteiger partial charge on any atom is -0.871 e. The number of rotatable bonds is 9. The average Bonchev–Trinajstić information content (AvgIpc) is 3.38. The van der Waals surface area contributed by atoms with Crippen molar-refractivity contribution in [3.8, 4) is 0 Å². The molecule has 2 heterocycles. The minimum atomic E-state index is -0.113. The number of hydrogen-bond donors (Lipinski definition) is 0. The second-order valence-corrected chi connectivity index (χ2v) is 10.7. The molecule has 0 saturated carbocycles. The minimum absolute atomic E-state index is 0.113. The Bertz CT molecular complexity index is 1600. The molecule has 40 heavy (non-hydrogen) atoms. The third kappa shape index (κ3) is 4.40. The lowest BCUT2D eigenvalue weighted by Gasteiger charge is -2.32. The molecule has 0 spiro atoms. The van der Waals surface area contributed by atoms with Gasteiger partial charge in [0.15, 0.2) is 12.3 Å². The highest BCUT2D eigenvalue weighted by Gasteiger charge is 2.43. The number of carbonyl (C=O) groups excluding carboxylic acids is 1. The summed E-state index contributed by atoms with van der Waals surface area (Å²) in [5.41, 5.74) is 11.7. The van der Waals surface area contributed by atoms with E-state index < -0.39 is 0 Å². The van der Waals surface area contributed by atoms with Crippen LogP contribution in [-0.2, 0) is 30.7 Å². The van der Waals surface area contributed by atoms with Gasteiger partial charge in [-0.2, -0.15) is 4.58 Å². The van der Waals surface area contributed by atoms with Crippen molar-refractivity contribution >= 4 is 17.1 Å². The van der Waals surface area contributed by atoms with Gasteiger partial charge in [0, 0.05) is 41.4 Å². The van der Waals surface area contributed by atoms with Gasteiger partial charge in [-0.05, 0) is 49.3 Å². The Morgan fingerprint density at radius 2 is 1.30 bits per heavy atom. The monoisotopic (exact) mass is 532 g/mol. The summed E-state index contributed by atoms with van der Waals surface area (Å²) in [6.07, 6.45) is 3.30. The van der Waals surface area contributed by atoms with E-state index in [9.17, 15) is 9.90 Å². The molecule has 1 aromatic heterocycles. The fourth-order valence-electron chi connectivity index (χ4n) is 6.73. The molecule has 206 valence electrons. The highest BCUT2D eigenvalue weighted by atomic mass is 16.3. The van der Waals surface area contributed by atoms with Crippen LogP contribution in [-0.4, -0.2) is 20.6 Å². The summed E-state index contributed by atoms with van der Waals surface area (Å²) in [4.78, 5) is 14.2. The van der Waals surface area contributed by atoms with Gasteiger partial charge in [0.2, 0.25) is 11.5 Å². The molecule has 1 aliphatic heterocycles. The lowest BCUT2D eigenvalue weighted by molar-refractivity contribution is -0.488. The second-order valence-electron chi connectivity index (χ2n) is 10.7. The first kappa shape index (κ1) is 27.6. The van der Waals surface area contributed by atoms with Crippen LogP contribution < -0.4 is 5.11 Å². The number of Topliss-reactive ketones (excluding diaryl/α,β-unsaturated/α-hetero) is 1. The van der Waals surface area contributed by atoms with E-state index in [2.05, 4.69) is 75.0 Å². The normalized spacial score (nSPS) is 17.4. The molecule has 0 unspecified atom stereocenters. The van der Waals surface area contributed by atoms with Crippen LogP contribution in [0, 0.1) is 6.92 Å². The van der Waals surface area contributed by atoms with Crippen LogP contribution in [0.3, 0.4) is 0 Å². The Kier molecular flexibility index (Phi) is 7.80. The molecule has 0 atom stereocenters. The molecule has 0 amide bonds. The Hall–Kier alpha value is -3.92. The smallest absolute Gasteiger partial charge is 0.220 e. The number of benzene rings is 2. The van der Waals surface area contributed by atoms with E-state index in [1.54, 1.807) is 0 Å². The van der Waals surface area contributed by atoms with Gasteiger partial charge in [-0.1, -0.05) is 94.1 Å². The van der Waals surface area contributed by atoms with Gasteiger partial charge in [-0.15, -0.1) is 0 Å². The molecule has 4 heteroatoms. The zero-order valence-electron chi connectivity index (χ0n) is 24.7. The molecule has 2 aliphatic rings. The molecule has 2 aromatic carbocycles. The zero-order valence-corrected chi connectivity index (χ0v) is 24.7. The molecule has 3 aromatic rings. The van der Waals surface area contributed by atoms with Gasteiger partial charge in [0.25, 0.3) is 0 Å². The van der Waals surface area contributed by atoms with Gasteiger partial charge in [0.05, 0.1) is 11.3 Å². The van der Waals surface area contributed by atoms with E-state index in [0.717, 1.165) is 70.7 Å². The number of nitrogens with zero attached hydrogens (tertiary/aromatic N) is 2. The van der Waals surface area contributed by atoms with Crippen molar-refractivity contribution < 1.29 is 14.5 Å². The fraction of sp³-hybridized carbons (Fsp3) is 0.333. The molecular weight excluding hydrogens is 492 g/mol. The number of allylic oxidation sites excluding steroid dienone is 4. The summed E-state index contributed by atoms with van der Waals surface area (Å²) in [6, 6.07) is 20.6. The first-order valence-electron chi connectivity index (χ1n) is 14.7. The van der Waals surface area contributed by atoms with Crippen molar-refractivity contribution in [2.75, 3.05) is 0 Å². The topological polar surface area (TPSA) is 48.1 Å². The van der Waals surface area contributed by atoms with E-state index in [-0.39, 0.29) is 11.5 Å². The Morgan fingerprint density at radius 1 is 0.725 bits per heavy atom. The van der Waals surface area contributed by atoms with Gasteiger partial charge in [0.1, 0.15) is 0 Å². The van der Waals surface area contributed by atoms with E-state index in [1.807, 2.05) is 36.4 Å². The summed E-state index contributed by atoms with van der Waals surface area (Å²) < 4.78 is 4.42. The zero-order chi connectivity index (χ0) is 28.6. The second kappa shape index (κ2) is 11.3. The molecule has 0 bridgehead atoms. The lowest BCUT2D eigenvalue weighted by Crippen LogP contribution is -2.34. The maximum Gasteiger partial charge on any atom is 0.220 e. The van der Waals surface area contributed by atoms with Crippen LogP contribution in [0.15, 0.2) is 88.8 Å². The predicted molar refractivity (Wildman–Crippen MR) is 161 cm³/mol. The molecule has 0 N–H and O–H groups in total. The van der Waals surface area contributed by atoms with Crippen molar-refractivity contribution in [2.45, 2.75) is 80.3 Å². The van der Waals surface area contributed by atoms with Crippen molar-refractivity contribution in [3.63, 3.8) is 0 Å². The van der Waals surface area contributed by atoms with Crippen LogP contribution in [0.5, 0.6) is 0 Å². The van der Waals surface area contributed by atoms with E-state index >= 15 is 0 Å². The maximum atomic E-state index is 14.2. The van der Waals surface area contributed by atoms with E-state index in [0.29, 0.717) is 24.2 Å². The number of hydrogen-bond acceptors (Lipinski definition) is 2. The standard InChI is InChI=1S/C36H40N2O2/c1-7-27-23(5)37(21-25-17-13-11-14-18-25)33(29(27)9-3)31-35(39)32(36(31)40)34-30(10-4)28(8-2)24(6)38(34)22-26-19-15-12-16-20-26/h11-20H,7-10,21-22H2,1-6H3. The quantitative estimate of drug-likeness (QED) is 0.228. The summed E-state index contributed by atoms with van der Waals surface area (Å²) in [5, 5.41) is 14.2. The van der Waals surface area contributed by atoms with Crippen LogP contribution in [0.1, 0.15) is 81.1 Å². The Balaban J connectivity index is 1.71. The van der Waals surface area contributed by atoms with E-state index in [4.69, 9.17) is 0 Å². The molecule has 1 aliphatic carbocycles. The van der Waals surface area contributed by atoms with Crippen LogP contribution in [0.4, 0.5) is 0 Å². The SMILES string of the molecule is CCC1=C(CC)/C(=C2\C(=O)C(c3c(CC)c(CC)c(C)n3Cc3ccccc3)=C2[O-])[N+](Cc2ccccc2)=C1C. The molecule has 4 nitrogen and oxygen atoms in total. The summed E-state index contributed by atoms with van der Waals surface area (Å²) >= 11 is 0. The summed E-state index contributed by atoms with van der Waals surface area (Å²) in [5.74, 6) is -0.225. The highest BCUT2D eigenvalue weighted by molar-refractivity contribution is 6.39. The number of aromatic nitrogens is 1. The molecule has 5 rings (SSSR count). The van der Waals surface area contributed by atoms with Crippen molar-refractivity contribution in [1.82, 2.24) is 4.57 Å². The third-order valence-electron chi connectivity index (χ3n) is 8.69. The van der Waals surface area contributed by atoms with Gasteiger partial charge in [-0.25, -0.2) is 0 Å². The molecule has 0 radical (unpaired) electrons. The average molecular weight is 533 g/mol. The maximum absolute atomic E-state index is 14.2. The first-order chi connectivity index (χ1) is 19.4. The molecule has 0 fully saturated rings. The Morgan fingerprint density at radius 3 is 1.82 bits per heavy atom. The number of ketones is 1. The van der Waals surface area contributed by atoms with Crippen molar-refractivity contribution in [2.24, 2.45) is 0 Å². The first-order valence-corrected chi connectivity index (χ1v) is 14.7. The van der Waals surface area contributed by atoms with E-state index in [1.165, 1.54) is 11.1 Å². The number of carbonyl (C=O) groups is 1. The van der Waals surface area contributed by atoms with Crippen LogP contribution in [0.2, 0.25) is 0 Å². The highest BCUT2D eigenvalue weighted by Crippen LogP contribution is 2.44. The third-order valence-corrected chi connectivity index (χ3v) is 8.69. The summed E-state index contributed by atoms with van der Waals surface area (Å²) in [7, 11) is 0. The largest absolute Gasteiger partial charge is 0.871 e. The van der Waals surface area contributed by atoms with Gasteiger partial charge < -0.3 is 9.67 Å². The Labute approximate surface area is 238 Å². The summed E-state index contributed by atoms with van der Waals surface area (Å²) in [6.45, 7) is 14.1. The van der Waals surface area contributed by atoms with Crippen molar-refractivity contribution in [3.05, 3.63) is 122 Å². The molecule has 0 saturated heterocycles. The van der Waals surface area contributed by atoms with Crippen LogP contribution in [0.25, 0.3) is 5.57 Å². The van der Waals surface area contributed by atoms with Crippen molar-refractivity contribution in [1.29, 1.82) is 0 Å². The van der Waals surface area contributed by atoms with Gasteiger partial charge in [-0.3, -0.25) is 4.79 Å². The fourth-order valence-corrected chi connectivity index (χ4v) is 6.73. The molecular formula is C36H40N2O2. The predicted octanol–water partition coefficient (Wildman–Crippen LogP) is 6.68. The van der Waals surface area contributed by atoms with Gasteiger partial charge >= 0.3 is 0 Å². The van der Waals surface area contributed by atoms with Crippen LogP contribution >= 0.6 is 0 Å². The lowest BCUT2D eigenvalue weighted by atomic mass is 9.80.